The predicted octanol–water partition coefficient (Wildman–Crippen LogP) is 2.67. The van der Waals surface area contributed by atoms with E-state index < -0.39 is 5.97 Å². The number of benzene rings is 1. The summed E-state index contributed by atoms with van der Waals surface area (Å²) in [5, 5.41) is 4.26. The first-order valence-electron chi connectivity index (χ1n) is 7.88. The number of esters is 1. The molecule has 0 saturated carbocycles. The van der Waals surface area contributed by atoms with Crippen molar-refractivity contribution < 1.29 is 14.3 Å². The maximum absolute atomic E-state index is 12.4. The van der Waals surface area contributed by atoms with Gasteiger partial charge < -0.3 is 15.0 Å². The Kier molecular flexibility index (Phi) is 5.87. The summed E-state index contributed by atoms with van der Waals surface area (Å²) in [6.45, 7) is 0. The number of rotatable bonds is 6. The molecule has 2 heterocycles. The number of hydrogen-bond acceptors (Lipinski definition) is 9. The van der Waals surface area contributed by atoms with Crippen molar-refractivity contribution in [2.75, 3.05) is 37.2 Å². The van der Waals surface area contributed by atoms with Crippen molar-refractivity contribution in [2.45, 2.75) is 5.03 Å². The number of thioether (sulfide) groups is 1. The Morgan fingerprint density at radius 3 is 2.78 bits per heavy atom. The van der Waals surface area contributed by atoms with Crippen LogP contribution in [-0.2, 0) is 9.53 Å². The van der Waals surface area contributed by atoms with Gasteiger partial charge in [-0.1, -0.05) is 35.2 Å². The Morgan fingerprint density at radius 1 is 1.26 bits per heavy atom. The summed E-state index contributed by atoms with van der Waals surface area (Å²) in [6, 6.07) is 6.70. The number of nitrogens with one attached hydrogen (secondary N) is 1. The average Bonchev–Trinajstić information content (AvgIpc) is 3.11. The monoisotopic (exact) mass is 403 g/mol. The highest BCUT2D eigenvalue weighted by Gasteiger charge is 2.16. The van der Waals surface area contributed by atoms with E-state index in [4.69, 9.17) is 4.74 Å². The van der Waals surface area contributed by atoms with Gasteiger partial charge in [0.05, 0.1) is 24.1 Å². The number of para-hydroxylation sites is 1. The lowest BCUT2D eigenvalue weighted by Gasteiger charge is -2.09. The fourth-order valence-corrected chi connectivity index (χ4v) is 4.03. The molecular weight excluding hydrogens is 386 g/mol. The highest BCUT2D eigenvalue weighted by Crippen LogP contribution is 2.32. The number of aromatic nitrogens is 3. The lowest BCUT2D eigenvalue weighted by molar-refractivity contribution is -0.113. The van der Waals surface area contributed by atoms with Crippen LogP contribution in [0.1, 0.15) is 10.4 Å². The molecule has 1 N–H and O–H groups in total. The van der Waals surface area contributed by atoms with Gasteiger partial charge >= 0.3 is 5.97 Å². The van der Waals surface area contributed by atoms with E-state index in [0.717, 1.165) is 9.83 Å². The Bertz CT molecular complexity index is 990. The Morgan fingerprint density at radius 2 is 2.04 bits per heavy atom. The summed E-state index contributed by atoms with van der Waals surface area (Å²) in [5.41, 5.74) is 1.33. The Balaban J connectivity index is 1.72. The number of carbonyl (C=O) groups excluding carboxylic acids is 2. The first kappa shape index (κ1) is 19.1. The molecule has 10 heteroatoms. The maximum Gasteiger partial charge on any atom is 0.339 e. The molecule has 0 fully saturated rings. The molecule has 0 unspecified atom stereocenters. The number of fused-ring (bicyclic) bond motifs is 1. The predicted molar refractivity (Wildman–Crippen MR) is 107 cm³/mol. The second kappa shape index (κ2) is 8.31. The molecule has 3 aromatic rings. The van der Waals surface area contributed by atoms with Crippen LogP contribution in [0.4, 0.5) is 10.8 Å². The van der Waals surface area contributed by atoms with Crippen LogP contribution in [0.25, 0.3) is 10.3 Å². The zero-order chi connectivity index (χ0) is 19.4. The van der Waals surface area contributed by atoms with Gasteiger partial charge in [0.1, 0.15) is 16.1 Å². The summed E-state index contributed by atoms with van der Waals surface area (Å²) >= 11 is 2.77. The fraction of sp³-hybridized carbons (Fsp3) is 0.235. The molecule has 3 rings (SSSR count). The summed E-state index contributed by atoms with van der Waals surface area (Å²) < 4.78 is 5.58. The molecule has 0 saturated heterocycles. The molecule has 27 heavy (non-hydrogen) atoms. The number of carbonyl (C=O) groups is 2. The van der Waals surface area contributed by atoms with E-state index in [1.807, 2.05) is 19.0 Å². The molecule has 0 radical (unpaired) electrons. The topological polar surface area (TPSA) is 97.3 Å². The largest absolute Gasteiger partial charge is 0.465 e. The molecule has 0 spiro atoms. The number of hydrogen-bond donors (Lipinski definition) is 1. The molecule has 8 nitrogen and oxygen atoms in total. The Hall–Kier alpha value is -2.72. The first-order chi connectivity index (χ1) is 13.0. The Labute approximate surface area is 164 Å². The van der Waals surface area contributed by atoms with E-state index in [-0.39, 0.29) is 11.7 Å². The van der Waals surface area contributed by atoms with Crippen molar-refractivity contribution in [3.05, 3.63) is 36.2 Å². The summed E-state index contributed by atoms with van der Waals surface area (Å²) in [6.07, 6.45) is 1.44. The minimum absolute atomic E-state index is 0.136. The smallest absolute Gasteiger partial charge is 0.339 e. The van der Waals surface area contributed by atoms with Crippen LogP contribution < -0.4 is 10.2 Å². The van der Waals surface area contributed by atoms with Crippen molar-refractivity contribution in [2.24, 2.45) is 0 Å². The highest BCUT2D eigenvalue weighted by molar-refractivity contribution is 8.00. The molecule has 140 valence electrons. The van der Waals surface area contributed by atoms with Gasteiger partial charge in [-0.25, -0.2) is 14.8 Å². The van der Waals surface area contributed by atoms with Crippen LogP contribution in [0.5, 0.6) is 0 Å². The zero-order valence-corrected chi connectivity index (χ0v) is 16.6. The summed E-state index contributed by atoms with van der Waals surface area (Å²) in [7, 11) is 5.11. The molecule has 0 aliphatic rings. The van der Waals surface area contributed by atoms with Crippen molar-refractivity contribution >= 4 is 56.1 Å². The number of amides is 1. The van der Waals surface area contributed by atoms with Crippen molar-refractivity contribution in [1.82, 2.24) is 15.0 Å². The van der Waals surface area contributed by atoms with Crippen LogP contribution >= 0.6 is 23.1 Å². The van der Waals surface area contributed by atoms with Gasteiger partial charge in [0.2, 0.25) is 5.91 Å². The SMILES string of the molecule is COC(=O)c1ccccc1NC(=O)CSc1ncnc2nc(N(C)C)sc12. The third-order valence-corrected chi connectivity index (χ3v) is 5.81. The standard InChI is InChI=1S/C17H17N5O3S2/c1-22(2)17-21-14-13(27-17)15(19-9-18-14)26-8-12(23)20-11-7-5-4-6-10(11)16(24)25-3/h4-7,9H,8H2,1-3H3,(H,20,23). The van der Waals surface area contributed by atoms with E-state index in [1.165, 1.54) is 36.5 Å². The molecule has 0 atom stereocenters. The van der Waals surface area contributed by atoms with Gasteiger partial charge in [-0.2, -0.15) is 4.98 Å². The molecule has 1 aromatic carbocycles. The maximum atomic E-state index is 12.4. The normalized spacial score (nSPS) is 10.6. The minimum atomic E-state index is -0.503. The zero-order valence-electron chi connectivity index (χ0n) is 14.9. The molecule has 0 aliphatic heterocycles. The summed E-state index contributed by atoms with van der Waals surface area (Å²) in [4.78, 5) is 38.9. The number of anilines is 2. The third-order valence-electron chi connectivity index (χ3n) is 3.48. The van der Waals surface area contributed by atoms with Crippen LogP contribution in [-0.4, -0.2) is 53.8 Å². The summed E-state index contributed by atoms with van der Waals surface area (Å²) in [5.74, 6) is -0.617. The molecule has 2 aromatic heterocycles. The quantitative estimate of drug-likeness (QED) is 0.381. The second-order valence-corrected chi connectivity index (χ2v) is 7.54. The van der Waals surface area contributed by atoms with Crippen LogP contribution in [0.2, 0.25) is 0 Å². The van der Waals surface area contributed by atoms with E-state index in [1.54, 1.807) is 24.3 Å². The van der Waals surface area contributed by atoms with E-state index in [2.05, 4.69) is 20.3 Å². The van der Waals surface area contributed by atoms with Crippen LogP contribution in [0, 0.1) is 0 Å². The molecule has 0 aliphatic carbocycles. The van der Waals surface area contributed by atoms with Gasteiger partial charge in [-0.05, 0) is 12.1 Å². The van der Waals surface area contributed by atoms with Gasteiger partial charge in [-0.3, -0.25) is 4.79 Å². The van der Waals surface area contributed by atoms with Crippen molar-refractivity contribution in [3.8, 4) is 0 Å². The van der Waals surface area contributed by atoms with Gasteiger partial charge in [0.15, 0.2) is 10.8 Å². The van der Waals surface area contributed by atoms with Crippen LogP contribution in [0.3, 0.4) is 0 Å². The van der Waals surface area contributed by atoms with E-state index in [9.17, 15) is 9.59 Å². The molecular formula is C17H17N5O3S2. The number of thiazole rings is 1. The van der Waals surface area contributed by atoms with Gasteiger partial charge in [0.25, 0.3) is 0 Å². The number of ether oxygens (including phenoxy) is 1. The van der Waals surface area contributed by atoms with Gasteiger partial charge in [-0.15, -0.1) is 0 Å². The molecule has 0 bridgehead atoms. The van der Waals surface area contributed by atoms with E-state index >= 15 is 0 Å². The first-order valence-corrected chi connectivity index (χ1v) is 9.68. The molecule has 1 amide bonds. The van der Waals surface area contributed by atoms with Gasteiger partial charge in [0, 0.05) is 14.1 Å². The minimum Gasteiger partial charge on any atom is -0.465 e. The highest BCUT2D eigenvalue weighted by atomic mass is 32.2. The number of nitrogens with zero attached hydrogens (tertiary/aromatic N) is 4. The van der Waals surface area contributed by atoms with Crippen LogP contribution in [0.15, 0.2) is 35.6 Å². The fourth-order valence-electron chi connectivity index (χ4n) is 2.22. The third kappa shape index (κ3) is 4.34. The second-order valence-electron chi connectivity index (χ2n) is 5.60. The lowest BCUT2D eigenvalue weighted by atomic mass is 10.2. The average molecular weight is 403 g/mol. The van der Waals surface area contributed by atoms with Crippen molar-refractivity contribution in [3.63, 3.8) is 0 Å². The number of methoxy groups -OCH3 is 1. The van der Waals surface area contributed by atoms with Crippen molar-refractivity contribution in [1.29, 1.82) is 0 Å². The van der Waals surface area contributed by atoms with E-state index in [0.29, 0.717) is 21.9 Å². The lowest BCUT2D eigenvalue weighted by Crippen LogP contribution is -2.17.